The third-order valence-corrected chi connectivity index (χ3v) is 8.71. The van der Waals surface area contributed by atoms with Crippen LogP contribution >= 0.6 is 11.6 Å². The number of nitrogens with zero attached hydrogens (tertiary/aromatic N) is 2. The number of carbonyl (C=O) groups is 2. The quantitative estimate of drug-likeness (QED) is 0.170. The minimum absolute atomic E-state index is 0.0723. The molecule has 0 bridgehead atoms. The van der Waals surface area contributed by atoms with E-state index in [9.17, 15) is 18.0 Å². The van der Waals surface area contributed by atoms with E-state index in [2.05, 4.69) is 5.32 Å². The lowest BCUT2D eigenvalue weighted by molar-refractivity contribution is -0.140. The van der Waals surface area contributed by atoms with Gasteiger partial charge in [-0.2, -0.15) is 0 Å². The highest BCUT2D eigenvalue weighted by Crippen LogP contribution is 2.26. The van der Waals surface area contributed by atoms with E-state index in [1.165, 1.54) is 4.90 Å². The lowest BCUT2D eigenvalue weighted by Gasteiger charge is -2.34. The zero-order valence-electron chi connectivity index (χ0n) is 25.6. The molecule has 0 fully saturated rings. The van der Waals surface area contributed by atoms with Crippen molar-refractivity contribution in [2.24, 2.45) is 0 Å². The summed E-state index contributed by atoms with van der Waals surface area (Å²) in [6.07, 6.45) is 2.00. The molecular formula is C35H38ClN3O5S. The minimum Gasteiger partial charge on any atom is -0.457 e. The summed E-state index contributed by atoms with van der Waals surface area (Å²) in [5.41, 5.74) is 1.90. The number of ether oxygens (including phenoxy) is 1. The van der Waals surface area contributed by atoms with E-state index in [4.69, 9.17) is 16.3 Å². The van der Waals surface area contributed by atoms with Crippen molar-refractivity contribution >= 4 is 39.1 Å². The van der Waals surface area contributed by atoms with Crippen molar-refractivity contribution < 1.29 is 22.7 Å². The Bertz CT molecular complexity index is 1650. The zero-order chi connectivity index (χ0) is 32.4. The molecule has 0 aromatic heterocycles. The molecule has 4 rings (SSSR count). The number of hydrogen-bond donors (Lipinski definition) is 1. The molecule has 8 nitrogen and oxygen atoms in total. The highest BCUT2D eigenvalue weighted by atomic mass is 35.5. The monoisotopic (exact) mass is 647 g/mol. The van der Waals surface area contributed by atoms with Gasteiger partial charge in [0, 0.05) is 24.0 Å². The van der Waals surface area contributed by atoms with Gasteiger partial charge in [0.15, 0.2) is 0 Å². The molecule has 2 amide bonds. The lowest BCUT2D eigenvalue weighted by atomic mass is 10.0. The Labute approximate surface area is 270 Å². The second-order valence-electron chi connectivity index (χ2n) is 10.9. The number of amides is 2. The number of para-hydroxylation sites is 1. The van der Waals surface area contributed by atoms with E-state index in [0.29, 0.717) is 28.6 Å². The van der Waals surface area contributed by atoms with Crippen LogP contribution in [-0.2, 0) is 32.6 Å². The average Bonchev–Trinajstić information content (AvgIpc) is 3.03. The van der Waals surface area contributed by atoms with Crippen LogP contribution in [0.25, 0.3) is 0 Å². The number of hydrogen-bond acceptors (Lipinski definition) is 5. The van der Waals surface area contributed by atoms with Gasteiger partial charge in [-0.05, 0) is 73.0 Å². The molecule has 45 heavy (non-hydrogen) atoms. The van der Waals surface area contributed by atoms with E-state index >= 15 is 0 Å². The molecule has 2 atom stereocenters. The smallest absolute Gasteiger partial charge is 0.244 e. The van der Waals surface area contributed by atoms with Crippen LogP contribution in [0.1, 0.15) is 31.4 Å². The second kappa shape index (κ2) is 15.6. The number of carbonyl (C=O) groups excluding carboxylic acids is 2. The van der Waals surface area contributed by atoms with Gasteiger partial charge < -0.3 is 15.0 Å². The predicted molar refractivity (Wildman–Crippen MR) is 179 cm³/mol. The SMILES string of the molecule is CCC(C)NC(=O)C(Cc1ccccc1)N(Cc1ccc(Cl)cc1)C(=O)CN(c1ccc(Oc2ccccc2)cc1)S(C)(=O)=O. The van der Waals surface area contributed by atoms with Gasteiger partial charge >= 0.3 is 0 Å². The number of anilines is 1. The van der Waals surface area contributed by atoms with Crippen molar-refractivity contribution in [3.8, 4) is 11.5 Å². The normalized spacial score (nSPS) is 12.5. The van der Waals surface area contributed by atoms with Crippen molar-refractivity contribution in [2.45, 2.75) is 45.3 Å². The fourth-order valence-electron chi connectivity index (χ4n) is 4.70. The number of benzene rings is 4. The van der Waals surface area contributed by atoms with Gasteiger partial charge in [-0.1, -0.05) is 79.2 Å². The molecule has 0 aliphatic carbocycles. The zero-order valence-corrected chi connectivity index (χ0v) is 27.2. The molecule has 10 heteroatoms. The summed E-state index contributed by atoms with van der Waals surface area (Å²) < 4.78 is 33.0. The van der Waals surface area contributed by atoms with Crippen molar-refractivity contribution in [2.75, 3.05) is 17.1 Å². The average molecular weight is 648 g/mol. The Hall–Kier alpha value is -4.34. The van der Waals surface area contributed by atoms with E-state index in [1.807, 2.05) is 74.5 Å². The largest absolute Gasteiger partial charge is 0.457 e. The van der Waals surface area contributed by atoms with Crippen LogP contribution < -0.4 is 14.4 Å². The van der Waals surface area contributed by atoms with Crippen LogP contribution in [0.2, 0.25) is 5.02 Å². The first-order chi connectivity index (χ1) is 21.5. The fraction of sp³-hybridized carbons (Fsp3) is 0.257. The van der Waals surface area contributed by atoms with Crippen LogP contribution in [0.3, 0.4) is 0 Å². The molecule has 0 heterocycles. The summed E-state index contributed by atoms with van der Waals surface area (Å²) in [6.45, 7) is 3.43. The van der Waals surface area contributed by atoms with Crippen molar-refractivity contribution in [3.63, 3.8) is 0 Å². The summed E-state index contributed by atoms with van der Waals surface area (Å²) in [5, 5.41) is 3.56. The van der Waals surface area contributed by atoms with Gasteiger partial charge in [0.2, 0.25) is 21.8 Å². The van der Waals surface area contributed by atoms with Crippen molar-refractivity contribution in [1.82, 2.24) is 10.2 Å². The molecule has 0 spiro atoms. The van der Waals surface area contributed by atoms with Crippen molar-refractivity contribution in [1.29, 1.82) is 0 Å². The van der Waals surface area contributed by atoms with Crippen LogP contribution in [-0.4, -0.2) is 50.0 Å². The Kier molecular flexibility index (Phi) is 11.6. The molecule has 2 unspecified atom stereocenters. The highest BCUT2D eigenvalue weighted by molar-refractivity contribution is 7.92. The van der Waals surface area contributed by atoms with E-state index < -0.39 is 28.5 Å². The summed E-state index contributed by atoms with van der Waals surface area (Å²) in [7, 11) is -3.90. The van der Waals surface area contributed by atoms with E-state index in [-0.39, 0.29) is 24.9 Å². The topological polar surface area (TPSA) is 96.0 Å². The van der Waals surface area contributed by atoms with Gasteiger partial charge in [-0.25, -0.2) is 8.42 Å². The van der Waals surface area contributed by atoms with Gasteiger partial charge in [0.05, 0.1) is 11.9 Å². The molecule has 0 saturated carbocycles. The van der Waals surface area contributed by atoms with Crippen LogP contribution in [0, 0.1) is 0 Å². The Morgan fingerprint density at radius 2 is 1.40 bits per heavy atom. The van der Waals surface area contributed by atoms with E-state index in [0.717, 1.165) is 21.7 Å². The van der Waals surface area contributed by atoms with Crippen LogP contribution in [0.15, 0.2) is 109 Å². The standard InChI is InChI=1S/C35H38ClN3O5S/c1-4-26(2)37-35(41)33(23-27-11-7-5-8-12-27)38(24-28-15-17-29(36)18-16-28)34(40)25-39(45(3,42)43)30-19-21-32(22-20-30)44-31-13-9-6-10-14-31/h5-22,26,33H,4,23-25H2,1-3H3,(H,37,41). The molecular weight excluding hydrogens is 610 g/mol. The molecule has 4 aromatic rings. The number of rotatable bonds is 14. The van der Waals surface area contributed by atoms with Crippen LogP contribution in [0.4, 0.5) is 5.69 Å². The van der Waals surface area contributed by atoms with Crippen molar-refractivity contribution in [3.05, 3.63) is 125 Å². The third-order valence-electron chi connectivity index (χ3n) is 7.32. The fourth-order valence-corrected chi connectivity index (χ4v) is 5.68. The first-order valence-electron chi connectivity index (χ1n) is 14.7. The molecule has 0 aliphatic rings. The molecule has 1 N–H and O–H groups in total. The first-order valence-corrected chi connectivity index (χ1v) is 16.9. The van der Waals surface area contributed by atoms with E-state index in [1.54, 1.807) is 48.5 Å². The van der Waals surface area contributed by atoms with Gasteiger partial charge in [0.25, 0.3) is 0 Å². The number of sulfonamides is 1. The Balaban J connectivity index is 1.67. The molecule has 0 saturated heterocycles. The van der Waals surface area contributed by atoms with Crippen LogP contribution in [0.5, 0.6) is 11.5 Å². The highest BCUT2D eigenvalue weighted by Gasteiger charge is 2.33. The molecule has 0 radical (unpaired) electrons. The molecule has 4 aromatic carbocycles. The maximum absolute atomic E-state index is 14.2. The van der Waals surface area contributed by atoms with Gasteiger partial charge in [0.1, 0.15) is 24.1 Å². The lowest BCUT2D eigenvalue weighted by Crippen LogP contribution is -2.54. The summed E-state index contributed by atoms with van der Waals surface area (Å²) in [6, 6.07) is 31.1. The van der Waals surface area contributed by atoms with Gasteiger partial charge in [-0.3, -0.25) is 13.9 Å². The van der Waals surface area contributed by atoms with Gasteiger partial charge in [-0.15, -0.1) is 0 Å². The molecule has 236 valence electrons. The number of halogens is 1. The maximum atomic E-state index is 14.2. The predicted octanol–water partition coefficient (Wildman–Crippen LogP) is 6.45. The summed E-state index contributed by atoms with van der Waals surface area (Å²) >= 11 is 6.12. The first kappa shape index (κ1) is 33.6. The minimum atomic E-state index is -3.90. The summed E-state index contributed by atoms with van der Waals surface area (Å²) in [5.74, 6) is 0.307. The second-order valence-corrected chi connectivity index (χ2v) is 13.2. The number of nitrogens with one attached hydrogen (secondary N) is 1. The molecule has 0 aliphatic heterocycles. The third kappa shape index (κ3) is 9.83. The Morgan fingerprint density at radius 1 is 0.822 bits per heavy atom. The maximum Gasteiger partial charge on any atom is 0.244 e. The Morgan fingerprint density at radius 3 is 1.98 bits per heavy atom. The summed E-state index contributed by atoms with van der Waals surface area (Å²) in [4.78, 5) is 29.5.